The van der Waals surface area contributed by atoms with Crippen molar-refractivity contribution >= 4 is 46.3 Å². The van der Waals surface area contributed by atoms with Crippen LogP contribution in [0.15, 0.2) is 280 Å². The van der Waals surface area contributed by atoms with Crippen LogP contribution in [0, 0.1) is 37.1 Å². The maximum absolute atomic E-state index is 15.6. The Morgan fingerprint density at radius 3 is 1.02 bits per heavy atom. The molecule has 0 aromatic heterocycles. The number of hydrogen-bond donors (Lipinski definition) is 0. The maximum Gasteiger partial charge on any atom is 0.126 e. The van der Waals surface area contributed by atoms with Crippen molar-refractivity contribution in [1.29, 1.82) is 0 Å². The lowest BCUT2D eigenvalue weighted by Crippen LogP contribution is -2.29. The smallest absolute Gasteiger partial charge is 0.126 e. The fraction of sp³-hybridized carbons (Fsp3) is 0.0500. The molecule has 12 aromatic carbocycles. The molecule has 414 valence electrons. The summed E-state index contributed by atoms with van der Waals surface area (Å²) in [6.07, 6.45) is 3.64. The average molecular weight is 1120 g/mol. The molecule has 0 aliphatic heterocycles. The highest BCUT2D eigenvalue weighted by Crippen LogP contribution is 2.59. The minimum absolute atomic E-state index is 0.299. The van der Waals surface area contributed by atoms with Crippen LogP contribution in [-0.2, 0) is 10.8 Å². The molecule has 2 aliphatic rings. The molecular weight excluding hydrogens is 1060 g/mol. The molecule has 0 saturated carbocycles. The molecule has 12 aromatic rings. The Balaban J connectivity index is 0.873. The van der Waals surface area contributed by atoms with Crippen LogP contribution in [0.5, 0.6) is 0 Å². The topological polar surface area (TPSA) is 6.48 Å². The predicted molar refractivity (Wildman–Crippen MR) is 345 cm³/mol. The molecule has 0 amide bonds. The van der Waals surface area contributed by atoms with Gasteiger partial charge in [0.1, 0.15) is 23.3 Å². The molecule has 0 radical (unpaired) electrons. The van der Waals surface area contributed by atoms with Crippen LogP contribution in [0.3, 0.4) is 0 Å². The van der Waals surface area contributed by atoms with E-state index in [2.05, 4.69) is 181 Å². The van der Waals surface area contributed by atoms with E-state index >= 15 is 17.6 Å². The normalized spacial score (nSPS) is 15.3. The molecular formula is C80H56F4N2. The van der Waals surface area contributed by atoms with E-state index in [0.717, 1.165) is 123 Å². The van der Waals surface area contributed by atoms with Gasteiger partial charge >= 0.3 is 0 Å². The summed E-state index contributed by atoms with van der Waals surface area (Å²) in [7, 11) is 0. The lowest BCUT2D eigenvalue weighted by atomic mass is 9.67. The molecule has 0 fully saturated rings. The highest BCUT2D eigenvalue weighted by Gasteiger charge is 2.48. The second kappa shape index (κ2) is 21.3. The fourth-order valence-corrected chi connectivity index (χ4v) is 13.6. The Morgan fingerprint density at radius 2 is 0.651 bits per heavy atom. The highest BCUT2D eigenvalue weighted by atomic mass is 19.1. The zero-order valence-electron chi connectivity index (χ0n) is 47.4. The van der Waals surface area contributed by atoms with Gasteiger partial charge < -0.3 is 9.80 Å². The van der Waals surface area contributed by atoms with Gasteiger partial charge in [0.05, 0.1) is 10.8 Å². The molecule has 2 unspecified atom stereocenters. The summed E-state index contributed by atoms with van der Waals surface area (Å²) in [5, 5.41) is 0. The van der Waals surface area contributed by atoms with E-state index in [4.69, 9.17) is 0 Å². The molecule has 14 rings (SSSR count). The van der Waals surface area contributed by atoms with Gasteiger partial charge in [0, 0.05) is 34.1 Å². The van der Waals surface area contributed by atoms with Crippen LogP contribution in [0.25, 0.3) is 45.5 Å². The number of rotatable bonds is 13. The summed E-state index contributed by atoms with van der Waals surface area (Å²) in [6.45, 7) is 11.6. The van der Waals surface area contributed by atoms with Crippen LogP contribution >= 0.6 is 0 Å². The van der Waals surface area contributed by atoms with Gasteiger partial charge in [0.15, 0.2) is 0 Å². The maximum atomic E-state index is 15.6. The van der Waals surface area contributed by atoms with Crippen LogP contribution in [0.2, 0.25) is 0 Å². The van der Waals surface area contributed by atoms with Crippen molar-refractivity contribution in [2.24, 2.45) is 0 Å². The van der Waals surface area contributed by atoms with E-state index in [9.17, 15) is 0 Å². The number of halogens is 4. The zero-order valence-corrected chi connectivity index (χ0v) is 47.4. The number of hydrogen-bond acceptors (Lipinski definition) is 2. The van der Waals surface area contributed by atoms with Crippen LogP contribution in [0.1, 0.15) is 66.8 Å². The summed E-state index contributed by atoms with van der Waals surface area (Å²) >= 11 is 0. The van der Waals surface area contributed by atoms with Gasteiger partial charge in [0.2, 0.25) is 0 Å². The van der Waals surface area contributed by atoms with Gasteiger partial charge in [-0.2, -0.15) is 0 Å². The lowest BCUT2D eigenvalue weighted by Gasteiger charge is -2.35. The first-order valence-corrected chi connectivity index (χ1v) is 28.8. The van der Waals surface area contributed by atoms with Crippen molar-refractivity contribution in [2.45, 2.75) is 24.7 Å². The fourth-order valence-electron chi connectivity index (χ4n) is 13.6. The van der Waals surface area contributed by atoms with Gasteiger partial charge in [-0.25, -0.2) is 17.6 Å². The number of aryl methyl sites for hydroxylation is 2. The first-order valence-electron chi connectivity index (χ1n) is 28.8. The van der Waals surface area contributed by atoms with Gasteiger partial charge in [-0.15, -0.1) is 0 Å². The Bertz CT molecular complexity index is 4350. The number of nitrogens with zero attached hydrogens (tertiary/aromatic N) is 2. The van der Waals surface area contributed by atoms with Crippen molar-refractivity contribution < 1.29 is 17.6 Å². The molecule has 0 spiro atoms. The average Bonchev–Trinajstić information content (AvgIpc) is 1.62. The molecule has 2 aliphatic carbocycles. The van der Waals surface area contributed by atoms with Gasteiger partial charge in [0.25, 0.3) is 0 Å². The Labute approximate surface area is 499 Å². The molecule has 2 atom stereocenters. The second-order valence-corrected chi connectivity index (χ2v) is 22.4. The molecule has 6 heteroatoms. The quantitative estimate of drug-likeness (QED) is 0.106. The molecule has 2 nitrogen and oxygen atoms in total. The van der Waals surface area contributed by atoms with Crippen LogP contribution < -0.4 is 9.80 Å². The largest absolute Gasteiger partial charge is 0.310 e. The van der Waals surface area contributed by atoms with E-state index in [0.29, 0.717) is 11.1 Å². The lowest BCUT2D eigenvalue weighted by molar-refractivity contribution is 0.618. The standard InChI is InChI=1S/C80H56F4N2/c1-5-53-21-29-57(30-22-53)79(59-13-11-15-61(81)47-59)73-19-9-7-17-69(73)71-41-37-67(49-75(71)79)85(65-39-43-77(83)51(3)45-65)63-33-25-55(26-34-63)56-27-35-64(36-28-56)86(66-40-44-78(84)52(4)46-66)68-38-42-72-70-18-8-10-20-74(70)80(76(72)50-68,60-14-12-16-62(82)48-60)58-31-23-54(6-2)24-32-58/h5-50H,1-2H2,3-4H3. The minimum atomic E-state index is -0.895. The Kier molecular flexibility index (Phi) is 13.2. The third kappa shape index (κ3) is 8.62. The number of benzene rings is 12. The highest BCUT2D eigenvalue weighted by molar-refractivity contribution is 5.92. The van der Waals surface area contributed by atoms with Crippen molar-refractivity contribution in [1.82, 2.24) is 0 Å². The second-order valence-electron chi connectivity index (χ2n) is 22.4. The Hall–Kier alpha value is -10.6. The third-order valence-electron chi connectivity index (χ3n) is 17.6. The summed E-state index contributed by atoms with van der Waals surface area (Å²) in [5.74, 6) is -1.25. The van der Waals surface area contributed by atoms with Crippen molar-refractivity contribution in [2.75, 3.05) is 9.80 Å². The van der Waals surface area contributed by atoms with Gasteiger partial charge in [-0.1, -0.05) is 183 Å². The number of fused-ring (bicyclic) bond motifs is 6. The summed E-state index contributed by atoms with van der Waals surface area (Å²) < 4.78 is 61.7. The molecule has 86 heavy (non-hydrogen) atoms. The van der Waals surface area contributed by atoms with Crippen LogP contribution in [0.4, 0.5) is 51.7 Å². The third-order valence-corrected chi connectivity index (χ3v) is 17.6. The summed E-state index contributed by atoms with van der Waals surface area (Å²) in [4.78, 5) is 4.30. The Morgan fingerprint density at radius 1 is 0.302 bits per heavy atom. The minimum Gasteiger partial charge on any atom is -0.310 e. The molecule has 0 saturated heterocycles. The molecule has 0 bridgehead atoms. The zero-order chi connectivity index (χ0) is 58.8. The van der Waals surface area contributed by atoms with Crippen molar-refractivity contribution in [3.63, 3.8) is 0 Å². The van der Waals surface area contributed by atoms with Gasteiger partial charge in [-0.05, 0) is 223 Å². The SMILES string of the molecule is C=Cc1ccc(C2(c3cccc(F)c3)c3ccccc3-c3ccc(N(c4ccc(-c5ccc(N(c6ccc(F)c(C)c6)c6ccc7c(c6)C(c6ccc(C=C)cc6)(c6cccc(F)c6)c6ccccc6-7)cc5)cc4)c4ccc(F)c(C)c4)cc32)cc1. The van der Waals surface area contributed by atoms with E-state index in [1.807, 2.05) is 60.7 Å². The molecule has 0 heterocycles. The molecule has 0 N–H and O–H groups in total. The number of anilines is 6. The van der Waals surface area contributed by atoms with E-state index in [1.54, 1.807) is 50.2 Å². The van der Waals surface area contributed by atoms with E-state index in [-0.39, 0.29) is 23.3 Å². The van der Waals surface area contributed by atoms with Gasteiger partial charge in [-0.3, -0.25) is 0 Å². The van der Waals surface area contributed by atoms with Crippen molar-refractivity contribution in [3.8, 4) is 33.4 Å². The van der Waals surface area contributed by atoms with E-state index < -0.39 is 10.8 Å². The summed E-state index contributed by atoms with van der Waals surface area (Å²) in [6, 6.07) is 87.3. The van der Waals surface area contributed by atoms with Crippen molar-refractivity contribution in [3.05, 3.63) is 370 Å². The van der Waals surface area contributed by atoms with E-state index in [1.165, 1.54) is 24.3 Å². The summed E-state index contributed by atoms with van der Waals surface area (Å²) in [5.41, 5.74) is 19.9. The first-order chi connectivity index (χ1) is 42.0. The monoisotopic (exact) mass is 1120 g/mol. The predicted octanol–water partition coefficient (Wildman–Crippen LogP) is 21.5. The first kappa shape index (κ1) is 53.4. The van der Waals surface area contributed by atoms with Crippen LogP contribution in [-0.4, -0.2) is 0 Å².